The van der Waals surface area contributed by atoms with E-state index in [-0.39, 0.29) is 0 Å². The molecule has 0 aromatic heterocycles. The lowest BCUT2D eigenvalue weighted by molar-refractivity contribution is 0.696. The predicted octanol–water partition coefficient (Wildman–Crippen LogP) is 3.80. The lowest BCUT2D eigenvalue weighted by Crippen LogP contribution is -2.12. The Kier molecular flexibility index (Phi) is 4.31. The Bertz CT molecular complexity index is 136. The fourth-order valence-electron chi connectivity index (χ4n) is 1.46. The molecular formula is C10H20S2. The third kappa shape index (κ3) is 2.88. The molecule has 0 bridgehead atoms. The maximum absolute atomic E-state index is 2.43. The molecule has 1 fully saturated rings. The monoisotopic (exact) mass is 204 g/mol. The van der Waals surface area contributed by atoms with Crippen molar-refractivity contribution in [1.29, 1.82) is 0 Å². The fraction of sp³-hybridized carbons (Fsp3) is 1.00. The minimum Gasteiger partial charge on any atom is -0.161 e. The van der Waals surface area contributed by atoms with Crippen LogP contribution in [0, 0.1) is 0 Å². The van der Waals surface area contributed by atoms with Gasteiger partial charge in [-0.1, -0.05) is 20.3 Å². The number of hydrogen-bond acceptors (Lipinski definition) is 2. The number of thioether (sulfide) groups is 2. The Morgan fingerprint density at radius 1 is 1.33 bits per heavy atom. The first kappa shape index (κ1) is 10.8. The molecule has 0 radical (unpaired) electrons. The van der Waals surface area contributed by atoms with Crippen LogP contribution >= 0.6 is 23.5 Å². The molecule has 2 unspecified atom stereocenters. The van der Waals surface area contributed by atoms with Crippen molar-refractivity contribution in [2.75, 3.05) is 11.5 Å². The van der Waals surface area contributed by atoms with Gasteiger partial charge in [-0.3, -0.25) is 0 Å². The van der Waals surface area contributed by atoms with E-state index in [1.54, 1.807) is 0 Å². The van der Waals surface area contributed by atoms with Crippen molar-refractivity contribution >= 4 is 23.5 Å². The van der Waals surface area contributed by atoms with Gasteiger partial charge in [0, 0.05) is 15.7 Å². The second-order valence-corrected chi connectivity index (χ2v) is 6.60. The van der Waals surface area contributed by atoms with Gasteiger partial charge >= 0.3 is 0 Å². The normalized spacial score (nSPS) is 33.8. The minimum absolute atomic E-state index is 0.649. The Labute approximate surface area is 85.3 Å². The van der Waals surface area contributed by atoms with Crippen LogP contribution in [0.25, 0.3) is 0 Å². The maximum Gasteiger partial charge on any atom is 0.0344 e. The summed E-state index contributed by atoms with van der Waals surface area (Å²) in [5, 5.41) is 0.979. The quantitative estimate of drug-likeness (QED) is 0.477. The second-order valence-electron chi connectivity index (χ2n) is 3.76. The highest BCUT2D eigenvalue weighted by Crippen LogP contribution is 2.56. The van der Waals surface area contributed by atoms with Crippen molar-refractivity contribution in [1.82, 2.24) is 0 Å². The van der Waals surface area contributed by atoms with Gasteiger partial charge < -0.3 is 0 Å². The van der Waals surface area contributed by atoms with Crippen LogP contribution in [0.3, 0.4) is 0 Å². The van der Waals surface area contributed by atoms with E-state index in [2.05, 4.69) is 44.3 Å². The van der Waals surface area contributed by atoms with E-state index >= 15 is 0 Å². The summed E-state index contributed by atoms with van der Waals surface area (Å²) >= 11 is 4.32. The van der Waals surface area contributed by atoms with Gasteiger partial charge in [0.25, 0.3) is 0 Å². The zero-order chi connectivity index (χ0) is 9.03. The average molecular weight is 204 g/mol. The summed E-state index contributed by atoms with van der Waals surface area (Å²) in [6, 6.07) is 0. The summed E-state index contributed by atoms with van der Waals surface area (Å²) in [5.41, 5.74) is 0. The summed E-state index contributed by atoms with van der Waals surface area (Å²) in [5.74, 6) is 2.71. The van der Waals surface area contributed by atoms with Crippen LogP contribution in [-0.4, -0.2) is 21.5 Å². The molecule has 1 heterocycles. The molecule has 1 rings (SSSR count). The predicted molar refractivity (Wildman–Crippen MR) is 62.3 cm³/mol. The molecule has 2 atom stereocenters. The van der Waals surface area contributed by atoms with Crippen LogP contribution < -0.4 is 0 Å². The third-order valence-corrected chi connectivity index (χ3v) is 5.76. The first-order chi connectivity index (χ1) is 5.73. The highest BCUT2D eigenvalue weighted by atomic mass is 32.2. The van der Waals surface area contributed by atoms with Gasteiger partial charge in [0.15, 0.2) is 0 Å². The first-order valence-electron chi connectivity index (χ1n) is 4.98. The molecule has 0 aromatic carbocycles. The Hall–Kier alpha value is 0.700. The van der Waals surface area contributed by atoms with Gasteiger partial charge in [-0.25, -0.2) is 0 Å². The molecule has 0 aliphatic carbocycles. The Balaban J connectivity index is 2.08. The Morgan fingerprint density at radius 3 is 2.67 bits per heavy atom. The van der Waals surface area contributed by atoms with E-state index in [4.69, 9.17) is 0 Å². The molecule has 0 spiro atoms. The summed E-state index contributed by atoms with van der Waals surface area (Å²) in [6.07, 6.45) is 4.10. The SMILES string of the molecule is CCCSCC1(C)SC1CCC. The molecule has 0 nitrogen and oxygen atoms in total. The topological polar surface area (TPSA) is 0 Å². The summed E-state index contributed by atoms with van der Waals surface area (Å²) in [6.45, 7) is 6.98. The largest absolute Gasteiger partial charge is 0.161 e. The molecule has 0 amide bonds. The molecule has 0 aromatic rings. The van der Waals surface area contributed by atoms with Crippen LogP contribution in [0.2, 0.25) is 0 Å². The summed E-state index contributed by atoms with van der Waals surface area (Å²) in [4.78, 5) is 0. The van der Waals surface area contributed by atoms with Gasteiger partial charge in [-0.15, -0.1) is 11.8 Å². The highest BCUT2D eigenvalue weighted by molar-refractivity contribution is 8.10. The number of rotatable bonds is 6. The van der Waals surface area contributed by atoms with Crippen LogP contribution in [0.15, 0.2) is 0 Å². The van der Waals surface area contributed by atoms with E-state index in [0.29, 0.717) is 4.75 Å². The third-order valence-electron chi connectivity index (χ3n) is 2.32. The van der Waals surface area contributed by atoms with Crippen molar-refractivity contribution in [2.24, 2.45) is 0 Å². The van der Waals surface area contributed by atoms with Crippen molar-refractivity contribution in [3.63, 3.8) is 0 Å². The molecule has 1 aliphatic rings. The van der Waals surface area contributed by atoms with E-state index in [0.717, 1.165) is 5.25 Å². The van der Waals surface area contributed by atoms with Gasteiger partial charge in [-0.2, -0.15) is 11.8 Å². The zero-order valence-electron chi connectivity index (χ0n) is 8.43. The van der Waals surface area contributed by atoms with Gasteiger partial charge in [0.2, 0.25) is 0 Å². The lowest BCUT2D eigenvalue weighted by atomic mass is 10.1. The molecule has 0 saturated carbocycles. The summed E-state index contributed by atoms with van der Waals surface area (Å²) < 4.78 is 0.649. The zero-order valence-corrected chi connectivity index (χ0v) is 10.1. The van der Waals surface area contributed by atoms with Crippen LogP contribution in [-0.2, 0) is 0 Å². The minimum atomic E-state index is 0.649. The molecule has 1 saturated heterocycles. The maximum atomic E-state index is 2.43. The van der Waals surface area contributed by atoms with E-state index in [9.17, 15) is 0 Å². The fourth-order valence-corrected chi connectivity index (χ4v) is 4.27. The van der Waals surface area contributed by atoms with Crippen molar-refractivity contribution in [3.05, 3.63) is 0 Å². The molecule has 72 valence electrons. The van der Waals surface area contributed by atoms with E-state index in [1.807, 2.05) is 0 Å². The second kappa shape index (κ2) is 4.80. The molecule has 2 heteroatoms. The van der Waals surface area contributed by atoms with Gasteiger partial charge in [-0.05, 0) is 25.5 Å². The van der Waals surface area contributed by atoms with Gasteiger partial charge in [0.1, 0.15) is 0 Å². The lowest BCUT2D eigenvalue weighted by Gasteiger charge is -2.07. The van der Waals surface area contributed by atoms with Crippen molar-refractivity contribution < 1.29 is 0 Å². The van der Waals surface area contributed by atoms with Crippen LogP contribution in [0.1, 0.15) is 40.0 Å². The molecule has 1 aliphatic heterocycles. The average Bonchev–Trinajstić information content (AvgIpc) is 2.64. The van der Waals surface area contributed by atoms with Crippen molar-refractivity contribution in [2.45, 2.75) is 50.0 Å². The van der Waals surface area contributed by atoms with E-state index < -0.39 is 0 Å². The van der Waals surface area contributed by atoms with Gasteiger partial charge in [0.05, 0.1) is 0 Å². The standard InChI is InChI=1S/C10H20S2/c1-4-6-9-10(3,12-9)8-11-7-5-2/h9H,4-8H2,1-3H3. The first-order valence-corrected chi connectivity index (χ1v) is 7.02. The smallest absolute Gasteiger partial charge is 0.0344 e. The van der Waals surface area contributed by atoms with Crippen molar-refractivity contribution in [3.8, 4) is 0 Å². The van der Waals surface area contributed by atoms with Crippen LogP contribution in [0.5, 0.6) is 0 Å². The number of hydrogen-bond donors (Lipinski definition) is 0. The highest BCUT2D eigenvalue weighted by Gasteiger charge is 2.49. The molecular weight excluding hydrogens is 184 g/mol. The van der Waals surface area contributed by atoms with Crippen LogP contribution in [0.4, 0.5) is 0 Å². The summed E-state index contributed by atoms with van der Waals surface area (Å²) in [7, 11) is 0. The Morgan fingerprint density at radius 2 is 2.08 bits per heavy atom. The van der Waals surface area contributed by atoms with E-state index in [1.165, 1.54) is 30.8 Å². The molecule has 0 N–H and O–H groups in total. The molecule has 12 heavy (non-hydrogen) atoms.